The van der Waals surface area contributed by atoms with Gasteiger partial charge in [-0.15, -0.1) is 0 Å². The number of carbonyl (C=O) groups excluding carboxylic acids is 2. The molecule has 1 aliphatic carbocycles. The molecule has 1 aromatic rings. The molecule has 1 saturated carbocycles. The van der Waals surface area contributed by atoms with E-state index in [9.17, 15) is 9.59 Å². The van der Waals surface area contributed by atoms with Crippen LogP contribution in [0.25, 0.3) is 0 Å². The highest BCUT2D eigenvalue weighted by Crippen LogP contribution is 2.17. The van der Waals surface area contributed by atoms with E-state index in [4.69, 9.17) is 10.5 Å². The summed E-state index contributed by atoms with van der Waals surface area (Å²) in [6.07, 6.45) is 6.94. The van der Waals surface area contributed by atoms with Crippen LogP contribution < -0.4 is 15.8 Å². The Morgan fingerprint density at radius 2 is 1.90 bits per heavy atom. The van der Waals surface area contributed by atoms with Crippen LogP contribution in [0.1, 0.15) is 48.9 Å². The number of hydrogen-bond acceptors (Lipinski definition) is 3. The molecule has 1 aromatic carbocycles. The van der Waals surface area contributed by atoms with Crippen molar-refractivity contribution in [2.75, 3.05) is 6.61 Å². The van der Waals surface area contributed by atoms with E-state index in [2.05, 4.69) is 5.32 Å². The van der Waals surface area contributed by atoms with Crippen LogP contribution in [0.2, 0.25) is 0 Å². The highest BCUT2D eigenvalue weighted by atomic mass is 16.5. The van der Waals surface area contributed by atoms with Gasteiger partial charge in [0.05, 0.1) is 0 Å². The van der Waals surface area contributed by atoms with E-state index in [0.717, 1.165) is 12.8 Å². The average Bonchev–Trinajstić information content (AvgIpc) is 2.74. The van der Waals surface area contributed by atoms with E-state index < -0.39 is 5.91 Å². The fourth-order valence-electron chi connectivity index (χ4n) is 2.58. The smallest absolute Gasteiger partial charge is 0.258 e. The van der Waals surface area contributed by atoms with Crippen molar-refractivity contribution in [3.8, 4) is 5.75 Å². The van der Waals surface area contributed by atoms with Gasteiger partial charge < -0.3 is 15.8 Å². The van der Waals surface area contributed by atoms with E-state index in [0.29, 0.717) is 11.3 Å². The second-order valence-electron chi connectivity index (χ2n) is 5.44. The minimum absolute atomic E-state index is 0.0429. The fraction of sp³-hybridized carbons (Fsp3) is 0.500. The molecule has 3 N–H and O–H groups in total. The van der Waals surface area contributed by atoms with Crippen LogP contribution in [0.5, 0.6) is 5.75 Å². The van der Waals surface area contributed by atoms with Gasteiger partial charge in [-0.1, -0.05) is 31.7 Å². The molecule has 0 radical (unpaired) electrons. The summed E-state index contributed by atoms with van der Waals surface area (Å²) in [5.41, 5.74) is 5.58. The van der Waals surface area contributed by atoms with Gasteiger partial charge in [-0.2, -0.15) is 0 Å². The van der Waals surface area contributed by atoms with E-state index in [1.807, 2.05) is 0 Å². The minimum Gasteiger partial charge on any atom is -0.484 e. The van der Waals surface area contributed by atoms with Crippen LogP contribution in [0.3, 0.4) is 0 Å². The predicted octanol–water partition coefficient (Wildman–Crippen LogP) is 2.00. The zero-order chi connectivity index (χ0) is 15.1. The van der Waals surface area contributed by atoms with E-state index in [-0.39, 0.29) is 18.6 Å². The molecule has 0 aromatic heterocycles. The molecule has 1 aliphatic rings. The summed E-state index contributed by atoms with van der Waals surface area (Å²) >= 11 is 0. The van der Waals surface area contributed by atoms with Crippen molar-refractivity contribution in [3.05, 3.63) is 29.8 Å². The van der Waals surface area contributed by atoms with Gasteiger partial charge in [0.25, 0.3) is 5.91 Å². The predicted molar refractivity (Wildman–Crippen MR) is 80.1 cm³/mol. The molecule has 0 atom stereocenters. The van der Waals surface area contributed by atoms with Crippen molar-refractivity contribution >= 4 is 11.8 Å². The van der Waals surface area contributed by atoms with Crippen LogP contribution in [-0.2, 0) is 4.79 Å². The number of ether oxygens (including phenoxy) is 1. The Kier molecular flexibility index (Phi) is 5.60. The number of nitrogens with one attached hydrogen (secondary N) is 1. The number of nitrogens with two attached hydrogens (primary N) is 1. The molecule has 2 rings (SSSR count). The zero-order valence-electron chi connectivity index (χ0n) is 12.1. The summed E-state index contributed by atoms with van der Waals surface area (Å²) in [6, 6.07) is 6.80. The summed E-state index contributed by atoms with van der Waals surface area (Å²) in [5.74, 6) is -0.156. The Balaban J connectivity index is 1.80. The molecule has 114 valence electrons. The van der Waals surface area contributed by atoms with Crippen molar-refractivity contribution in [2.24, 2.45) is 5.73 Å². The first-order valence-corrected chi connectivity index (χ1v) is 7.47. The summed E-state index contributed by atoms with van der Waals surface area (Å²) in [5, 5.41) is 3.01. The van der Waals surface area contributed by atoms with Crippen molar-refractivity contribution in [2.45, 2.75) is 44.6 Å². The Labute approximate surface area is 124 Å². The summed E-state index contributed by atoms with van der Waals surface area (Å²) in [7, 11) is 0. The minimum atomic E-state index is -0.511. The van der Waals surface area contributed by atoms with Crippen LogP contribution >= 0.6 is 0 Å². The SMILES string of the molecule is NC(=O)c1cccc(OCC(=O)NC2CCCCCC2)c1. The summed E-state index contributed by atoms with van der Waals surface area (Å²) in [6.45, 7) is -0.0429. The van der Waals surface area contributed by atoms with Crippen LogP contribution in [-0.4, -0.2) is 24.5 Å². The lowest BCUT2D eigenvalue weighted by molar-refractivity contribution is -0.123. The van der Waals surface area contributed by atoms with Gasteiger partial charge in [-0.25, -0.2) is 0 Å². The van der Waals surface area contributed by atoms with E-state index >= 15 is 0 Å². The van der Waals surface area contributed by atoms with Crippen molar-refractivity contribution < 1.29 is 14.3 Å². The summed E-state index contributed by atoms with van der Waals surface area (Å²) in [4.78, 5) is 23.0. The topological polar surface area (TPSA) is 81.4 Å². The van der Waals surface area contributed by atoms with Crippen LogP contribution in [0.15, 0.2) is 24.3 Å². The third kappa shape index (κ3) is 5.10. The van der Waals surface area contributed by atoms with Crippen LogP contribution in [0, 0.1) is 0 Å². The maximum atomic E-state index is 11.9. The van der Waals surface area contributed by atoms with Gasteiger partial charge in [0, 0.05) is 11.6 Å². The molecule has 5 nitrogen and oxygen atoms in total. The Bertz CT molecular complexity index is 494. The van der Waals surface area contributed by atoms with Crippen molar-refractivity contribution in [1.29, 1.82) is 0 Å². The maximum absolute atomic E-state index is 11.9. The molecule has 0 spiro atoms. The maximum Gasteiger partial charge on any atom is 0.258 e. The Morgan fingerprint density at radius 1 is 1.19 bits per heavy atom. The number of carbonyl (C=O) groups is 2. The highest BCUT2D eigenvalue weighted by molar-refractivity contribution is 5.93. The Morgan fingerprint density at radius 3 is 2.57 bits per heavy atom. The van der Waals surface area contributed by atoms with Gasteiger partial charge in [-0.3, -0.25) is 9.59 Å². The zero-order valence-corrected chi connectivity index (χ0v) is 12.1. The number of rotatable bonds is 5. The number of hydrogen-bond donors (Lipinski definition) is 2. The average molecular weight is 290 g/mol. The second kappa shape index (κ2) is 7.67. The quantitative estimate of drug-likeness (QED) is 0.814. The van der Waals surface area contributed by atoms with Gasteiger partial charge in [0.2, 0.25) is 5.91 Å². The molecule has 21 heavy (non-hydrogen) atoms. The van der Waals surface area contributed by atoms with Gasteiger partial charge in [0.1, 0.15) is 5.75 Å². The lowest BCUT2D eigenvalue weighted by Crippen LogP contribution is -2.37. The molecule has 0 saturated heterocycles. The fourth-order valence-corrected chi connectivity index (χ4v) is 2.58. The monoisotopic (exact) mass is 290 g/mol. The standard InChI is InChI=1S/C16H22N2O3/c17-16(20)12-6-5-9-14(10-12)21-11-15(19)18-13-7-3-1-2-4-8-13/h5-6,9-10,13H,1-4,7-8,11H2,(H2,17,20)(H,18,19). The lowest BCUT2D eigenvalue weighted by atomic mass is 10.1. The first kappa shape index (κ1) is 15.4. The third-order valence-corrected chi connectivity index (χ3v) is 3.71. The molecular formula is C16H22N2O3. The van der Waals surface area contributed by atoms with E-state index in [1.54, 1.807) is 24.3 Å². The van der Waals surface area contributed by atoms with Gasteiger partial charge in [-0.05, 0) is 31.0 Å². The van der Waals surface area contributed by atoms with E-state index in [1.165, 1.54) is 25.7 Å². The Hall–Kier alpha value is -2.04. The first-order chi connectivity index (χ1) is 10.1. The molecular weight excluding hydrogens is 268 g/mol. The number of amides is 2. The highest BCUT2D eigenvalue weighted by Gasteiger charge is 2.15. The molecule has 0 unspecified atom stereocenters. The molecule has 5 heteroatoms. The molecule has 0 aliphatic heterocycles. The molecule has 2 amide bonds. The summed E-state index contributed by atoms with van der Waals surface area (Å²) < 4.78 is 5.41. The first-order valence-electron chi connectivity index (χ1n) is 7.47. The van der Waals surface area contributed by atoms with Crippen molar-refractivity contribution in [3.63, 3.8) is 0 Å². The second-order valence-corrected chi connectivity index (χ2v) is 5.44. The van der Waals surface area contributed by atoms with Crippen molar-refractivity contribution in [1.82, 2.24) is 5.32 Å². The normalized spacial score (nSPS) is 16.0. The molecule has 0 heterocycles. The lowest BCUT2D eigenvalue weighted by Gasteiger charge is -2.16. The van der Waals surface area contributed by atoms with Gasteiger partial charge in [0.15, 0.2) is 6.61 Å². The number of primary amides is 1. The molecule has 0 bridgehead atoms. The molecule has 1 fully saturated rings. The van der Waals surface area contributed by atoms with Gasteiger partial charge >= 0.3 is 0 Å². The third-order valence-electron chi connectivity index (χ3n) is 3.71. The largest absolute Gasteiger partial charge is 0.484 e. The van der Waals surface area contributed by atoms with Crippen LogP contribution in [0.4, 0.5) is 0 Å². The number of benzene rings is 1.